The minimum absolute atomic E-state index is 0.172. The molecule has 1 fully saturated rings. The van der Waals surface area contributed by atoms with E-state index in [-0.39, 0.29) is 10.9 Å². The number of hydrogen-bond acceptors (Lipinski definition) is 5. The molecule has 1 N–H and O–H groups in total. The number of hydrogen-bond donors (Lipinski definition) is 1. The zero-order valence-corrected chi connectivity index (χ0v) is 24.7. The van der Waals surface area contributed by atoms with Crippen molar-refractivity contribution in [2.24, 2.45) is 0 Å². The summed E-state index contributed by atoms with van der Waals surface area (Å²) >= 11 is 0. The van der Waals surface area contributed by atoms with E-state index in [1.54, 1.807) is 0 Å². The van der Waals surface area contributed by atoms with Crippen LogP contribution in [-0.2, 0) is 15.8 Å². The minimum Gasteiger partial charge on any atom is -0.414 e. The number of aryl methyl sites for hydroxylation is 3. The Morgan fingerprint density at radius 3 is 2.25 bits per heavy atom. The largest absolute Gasteiger partial charge is 0.414 e. The Bertz CT molecular complexity index is 1050. The number of benzene rings is 1. The first kappa shape index (κ1) is 28.3. The summed E-state index contributed by atoms with van der Waals surface area (Å²) in [6, 6.07) is 8.18. The number of amides is 1. The molecule has 1 aliphatic rings. The summed E-state index contributed by atoms with van der Waals surface area (Å²) in [6.07, 6.45) is 2.26. The highest BCUT2D eigenvalue weighted by Gasteiger charge is 2.39. The number of nitrogens with zero attached hydrogens (tertiary/aromatic N) is 2. The third-order valence-corrected chi connectivity index (χ3v) is 12.2. The zero-order chi connectivity index (χ0) is 26.7. The third-order valence-electron chi connectivity index (χ3n) is 7.63. The lowest BCUT2D eigenvalue weighted by Gasteiger charge is -2.42. The average Bonchev–Trinajstić information content (AvgIpc) is 2.80. The van der Waals surface area contributed by atoms with Gasteiger partial charge in [0.15, 0.2) is 8.32 Å². The summed E-state index contributed by atoms with van der Waals surface area (Å²) in [4.78, 5) is 20.4. The van der Waals surface area contributed by atoms with Gasteiger partial charge in [0.2, 0.25) is 0 Å². The number of nitrogens with one attached hydrogen (secondary N) is 1. The van der Waals surface area contributed by atoms with E-state index in [0.717, 1.165) is 59.7 Å². The van der Waals surface area contributed by atoms with E-state index in [1.807, 2.05) is 39.8 Å². The second-order valence-corrected chi connectivity index (χ2v) is 16.4. The van der Waals surface area contributed by atoms with Gasteiger partial charge >= 0.3 is 0 Å². The van der Waals surface area contributed by atoms with Gasteiger partial charge in [0.1, 0.15) is 11.5 Å². The summed E-state index contributed by atoms with van der Waals surface area (Å²) in [5.41, 5.74) is 5.35. The van der Waals surface area contributed by atoms with Crippen LogP contribution in [0.1, 0.15) is 73.3 Å². The average molecular weight is 512 g/mol. The van der Waals surface area contributed by atoms with Crippen LogP contribution in [0.15, 0.2) is 24.3 Å². The van der Waals surface area contributed by atoms with Gasteiger partial charge in [-0.05, 0) is 87.0 Å². The molecular formula is C29H45N3O3Si. The molecule has 0 radical (unpaired) electrons. The van der Waals surface area contributed by atoms with Gasteiger partial charge in [-0.3, -0.25) is 4.79 Å². The number of rotatable bonds is 8. The van der Waals surface area contributed by atoms with Crippen LogP contribution >= 0.6 is 0 Å². The first-order valence-corrected chi connectivity index (χ1v) is 16.1. The van der Waals surface area contributed by atoms with Crippen molar-refractivity contribution in [1.29, 1.82) is 0 Å². The van der Waals surface area contributed by atoms with Gasteiger partial charge in [0, 0.05) is 31.5 Å². The molecule has 2 aromatic rings. The molecule has 0 aliphatic carbocycles. The van der Waals surface area contributed by atoms with Gasteiger partial charge in [0.05, 0.1) is 6.61 Å². The Labute approximate surface area is 218 Å². The van der Waals surface area contributed by atoms with Crippen LogP contribution in [0.2, 0.25) is 18.1 Å². The highest BCUT2D eigenvalue weighted by molar-refractivity contribution is 6.74. The fraction of sp³-hybridized carbons (Fsp3) is 0.586. The summed E-state index contributed by atoms with van der Waals surface area (Å²) in [5, 5.41) is 3.33. The Morgan fingerprint density at radius 2 is 1.69 bits per heavy atom. The summed E-state index contributed by atoms with van der Waals surface area (Å²) < 4.78 is 12.2. The van der Waals surface area contributed by atoms with Crippen molar-refractivity contribution in [2.75, 3.05) is 29.9 Å². The second-order valence-electron chi connectivity index (χ2n) is 11.6. The topological polar surface area (TPSA) is 63.7 Å². The van der Waals surface area contributed by atoms with Crippen molar-refractivity contribution in [3.8, 4) is 0 Å². The number of carbonyl (C=O) groups is 1. The lowest BCUT2D eigenvalue weighted by molar-refractivity contribution is 0.102. The molecule has 6 nitrogen and oxygen atoms in total. The van der Waals surface area contributed by atoms with Crippen molar-refractivity contribution in [3.63, 3.8) is 0 Å². The van der Waals surface area contributed by atoms with Crippen molar-refractivity contribution in [2.45, 2.75) is 92.2 Å². The number of aromatic nitrogens is 1. The third kappa shape index (κ3) is 6.75. The first-order valence-electron chi connectivity index (χ1n) is 13.2. The van der Waals surface area contributed by atoms with E-state index in [0.29, 0.717) is 25.0 Å². The Kier molecular flexibility index (Phi) is 9.01. The van der Waals surface area contributed by atoms with Gasteiger partial charge < -0.3 is 19.4 Å². The molecule has 0 spiro atoms. The molecule has 2 heterocycles. The second kappa shape index (κ2) is 11.4. The van der Waals surface area contributed by atoms with Crippen LogP contribution in [0.5, 0.6) is 0 Å². The molecule has 1 amide bonds. The highest BCUT2D eigenvalue weighted by atomic mass is 28.4. The van der Waals surface area contributed by atoms with Crippen molar-refractivity contribution < 1.29 is 14.0 Å². The molecule has 1 aromatic carbocycles. The molecule has 198 valence electrons. The molecule has 3 rings (SSSR count). The lowest BCUT2D eigenvalue weighted by Crippen LogP contribution is -2.47. The maximum atomic E-state index is 13.3. The van der Waals surface area contributed by atoms with Crippen LogP contribution < -0.4 is 10.2 Å². The van der Waals surface area contributed by atoms with Crippen molar-refractivity contribution >= 4 is 25.7 Å². The van der Waals surface area contributed by atoms with Crippen LogP contribution in [0, 0.1) is 20.8 Å². The molecular weight excluding hydrogens is 466 g/mol. The predicted octanol–water partition coefficient (Wildman–Crippen LogP) is 6.79. The smallest absolute Gasteiger partial charge is 0.274 e. The van der Waals surface area contributed by atoms with E-state index >= 15 is 0 Å². The number of anilines is 2. The van der Waals surface area contributed by atoms with Crippen LogP contribution in [-0.4, -0.2) is 45.0 Å². The van der Waals surface area contributed by atoms with Crippen LogP contribution in [0.3, 0.4) is 0 Å². The Balaban J connectivity index is 1.69. The monoisotopic (exact) mass is 511 g/mol. The minimum atomic E-state index is -1.78. The van der Waals surface area contributed by atoms with Crippen LogP contribution in [0.4, 0.5) is 11.5 Å². The SMILES string of the molecule is CCOCc1cc(C)c(NC(=O)c2nc(N3CCC(O[Si](C)(C)C(C)(C)C)CC3)ccc2C)c(C)c1. The molecule has 0 bridgehead atoms. The Hall–Kier alpha value is -2.22. The van der Waals surface area contributed by atoms with E-state index < -0.39 is 8.32 Å². The highest BCUT2D eigenvalue weighted by Crippen LogP contribution is 2.38. The standard InChI is InChI=1S/C29H45N3O3Si/c1-10-34-19-23-17-21(3)26(22(4)18-23)31-28(33)27-20(2)11-12-25(30-27)32-15-13-24(14-16-32)35-36(8,9)29(5,6)7/h11-12,17-18,24H,10,13-16,19H2,1-9H3,(H,31,33). The van der Waals surface area contributed by atoms with Gasteiger partial charge in [-0.25, -0.2) is 4.98 Å². The predicted molar refractivity (Wildman–Crippen MR) is 152 cm³/mol. The number of piperidine rings is 1. The fourth-order valence-corrected chi connectivity index (χ4v) is 5.87. The lowest BCUT2D eigenvalue weighted by atomic mass is 10.0. The maximum Gasteiger partial charge on any atom is 0.274 e. The van der Waals surface area contributed by atoms with Gasteiger partial charge in [-0.2, -0.15) is 0 Å². The van der Waals surface area contributed by atoms with E-state index in [4.69, 9.17) is 14.1 Å². The molecule has 0 atom stereocenters. The molecule has 1 saturated heterocycles. The molecule has 0 unspecified atom stereocenters. The molecule has 0 saturated carbocycles. The maximum absolute atomic E-state index is 13.3. The first-order chi connectivity index (χ1) is 16.8. The van der Waals surface area contributed by atoms with Gasteiger partial charge in [-0.1, -0.05) is 39.0 Å². The fourth-order valence-electron chi connectivity index (χ4n) is 4.45. The molecule has 1 aromatic heterocycles. The summed E-state index contributed by atoms with van der Waals surface area (Å²) in [7, 11) is -1.78. The zero-order valence-electron chi connectivity index (χ0n) is 23.7. The molecule has 36 heavy (non-hydrogen) atoms. The van der Waals surface area contributed by atoms with E-state index in [2.05, 4.69) is 56.2 Å². The van der Waals surface area contributed by atoms with Crippen molar-refractivity contribution in [3.05, 3.63) is 52.2 Å². The quantitative estimate of drug-likeness (QED) is 0.396. The van der Waals surface area contributed by atoms with E-state index in [9.17, 15) is 4.79 Å². The van der Waals surface area contributed by atoms with Gasteiger partial charge in [0.25, 0.3) is 5.91 Å². The summed E-state index contributed by atoms with van der Waals surface area (Å²) in [5.74, 6) is 0.686. The summed E-state index contributed by atoms with van der Waals surface area (Å²) in [6.45, 7) is 22.5. The number of carbonyl (C=O) groups excluding carboxylic acids is 1. The van der Waals surface area contributed by atoms with E-state index in [1.165, 1.54) is 0 Å². The normalized spacial score (nSPS) is 15.3. The molecule has 7 heteroatoms. The molecule has 1 aliphatic heterocycles. The van der Waals surface area contributed by atoms with Crippen molar-refractivity contribution in [1.82, 2.24) is 4.98 Å². The number of pyridine rings is 1. The van der Waals surface area contributed by atoms with Gasteiger partial charge in [-0.15, -0.1) is 0 Å². The Morgan fingerprint density at radius 1 is 1.08 bits per heavy atom. The van der Waals surface area contributed by atoms with Crippen LogP contribution in [0.25, 0.3) is 0 Å². The number of ether oxygens (including phenoxy) is 1.